The minimum absolute atomic E-state index is 0.149. The van der Waals surface area contributed by atoms with E-state index in [2.05, 4.69) is 64.3 Å². The SMILES string of the molecule is CCCc1cc(Cl)ccc1C1COc2ccc3cc2N(C1)CC1CCC1/C=C/CNCC1(CCC1)C(=O)NS3.CO. The lowest BCUT2D eigenvalue weighted by molar-refractivity contribution is -0.133. The Balaban J connectivity index is 0.00000165. The van der Waals surface area contributed by atoms with Crippen LogP contribution in [0.3, 0.4) is 0 Å². The molecule has 3 N–H and O–H groups in total. The number of carbonyl (C=O) groups is 1. The lowest BCUT2D eigenvalue weighted by Crippen LogP contribution is -2.50. The van der Waals surface area contributed by atoms with Gasteiger partial charge in [0.2, 0.25) is 5.91 Å². The van der Waals surface area contributed by atoms with Gasteiger partial charge in [0.1, 0.15) is 5.75 Å². The average molecular weight is 598 g/mol. The number of aliphatic hydroxyl groups excluding tert-OH is 1. The van der Waals surface area contributed by atoms with Crippen LogP contribution in [0, 0.1) is 17.3 Å². The first kappa shape index (κ1) is 30.3. The number of aryl methyl sites for hydroxylation is 1. The van der Waals surface area contributed by atoms with Crippen LogP contribution in [0.2, 0.25) is 5.02 Å². The molecule has 2 fully saturated rings. The summed E-state index contributed by atoms with van der Waals surface area (Å²) in [5.41, 5.74) is 3.55. The summed E-state index contributed by atoms with van der Waals surface area (Å²) >= 11 is 7.85. The molecule has 41 heavy (non-hydrogen) atoms. The minimum atomic E-state index is -0.278. The molecule has 2 aliphatic heterocycles. The van der Waals surface area contributed by atoms with Crippen LogP contribution in [0.15, 0.2) is 53.4 Å². The number of nitrogens with zero attached hydrogens (tertiary/aromatic N) is 1. The van der Waals surface area contributed by atoms with Crippen molar-refractivity contribution < 1.29 is 14.6 Å². The third-order valence-corrected chi connectivity index (χ3v) is 10.3. The zero-order chi connectivity index (χ0) is 28.8. The van der Waals surface area contributed by atoms with E-state index in [0.717, 1.165) is 86.7 Å². The first-order chi connectivity index (χ1) is 20.0. The lowest BCUT2D eigenvalue weighted by atomic mass is 9.68. The van der Waals surface area contributed by atoms with Gasteiger partial charge in [-0.1, -0.05) is 49.6 Å². The molecular weight excluding hydrogens is 554 g/mol. The van der Waals surface area contributed by atoms with Gasteiger partial charge in [0.25, 0.3) is 0 Å². The number of amides is 1. The molecule has 2 aromatic rings. The fourth-order valence-electron chi connectivity index (χ4n) is 6.65. The zero-order valence-corrected chi connectivity index (χ0v) is 25.9. The molecule has 2 heterocycles. The van der Waals surface area contributed by atoms with Crippen LogP contribution in [-0.4, -0.2) is 50.9 Å². The number of rotatable bonds is 3. The van der Waals surface area contributed by atoms with Gasteiger partial charge in [-0.15, -0.1) is 0 Å². The molecule has 6 rings (SSSR count). The van der Waals surface area contributed by atoms with Crippen molar-refractivity contribution in [2.45, 2.75) is 62.7 Å². The molecule has 1 amide bonds. The van der Waals surface area contributed by atoms with Gasteiger partial charge in [0.15, 0.2) is 0 Å². The van der Waals surface area contributed by atoms with Gasteiger partial charge < -0.3 is 20.1 Å². The van der Waals surface area contributed by atoms with Crippen molar-refractivity contribution in [3.63, 3.8) is 0 Å². The topological polar surface area (TPSA) is 73.8 Å². The van der Waals surface area contributed by atoms with E-state index in [1.165, 1.54) is 35.9 Å². The number of fused-ring (bicyclic) bond motifs is 2. The number of hydrogen-bond donors (Lipinski definition) is 3. The summed E-state index contributed by atoms with van der Waals surface area (Å²) in [4.78, 5) is 16.8. The van der Waals surface area contributed by atoms with Gasteiger partial charge in [-0.05, 0) is 97.3 Å². The van der Waals surface area contributed by atoms with Gasteiger partial charge in [-0.25, -0.2) is 0 Å². The fraction of sp³-hybridized carbons (Fsp3) is 0.545. The second kappa shape index (κ2) is 13.9. The van der Waals surface area contributed by atoms with Crippen LogP contribution in [-0.2, 0) is 11.2 Å². The molecular formula is C33H44ClN3O3S. The van der Waals surface area contributed by atoms with E-state index in [1.54, 1.807) is 0 Å². The molecule has 2 bridgehead atoms. The molecule has 8 heteroatoms. The molecule has 2 aliphatic carbocycles. The quantitative estimate of drug-likeness (QED) is 0.282. The van der Waals surface area contributed by atoms with Gasteiger partial charge in [-0.3, -0.25) is 9.52 Å². The van der Waals surface area contributed by atoms with Crippen molar-refractivity contribution in [3.05, 3.63) is 64.7 Å². The Morgan fingerprint density at radius 1 is 1.15 bits per heavy atom. The number of halogens is 1. The van der Waals surface area contributed by atoms with Gasteiger partial charge in [0.05, 0.1) is 17.7 Å². The molecule has 0 radical (unpaired) electrons. The van der Waals surface area contributed by atoms with Crippen molar-refractivity contribution in [2.75, 3.05) is 44.8 Å². The fourth-order valence-corrected chi connectivity index (χ4v) is 7.58. The van der Waals surface area contributed by atoms with E-state index in [9.17, 15) is 4.79 Å². The van der Waals surface area contributed by atoms with Crippen molar-refractivity contribution >= 4 is 35.1 Å². The van der Waals surface area contributed by atoms with E-state index >= 15 is 0 Å². The Labute approximate surface area is 254 Å². The monoisotopic (exact) mass is 597 g/mol. The van der Waals surface area contributed by atoms with Crippen molar-refractivity contribution in [1.29, 1.82) is 0 Å². The lowest BCUT2D eigenvalue weighted by Gasteiger charge is -2.41. The maximum atomic E-state index is 13.2. The van der Waals surface area contributed by atoms with E-state index in [4.69, 9.17) is 21.4 Å². The van der Waals surface area contributed by atoms with E-state index in [1.807, 2.05) is 6.07 Å². The molecule has 6 nitrogen and oxygen atoms in total. The van der Waals surface area contributed by atoms with Crippen LogP contribution in [0.4, 0.5) is 5.69 Å². The highest BCUT2D eigenvalue weighted by atomic mass is 35.5. The number of aliphatic hydroxyl groups is 1. The maximum absolute atomic E-state index is 13.2. The number of ether oxygens (including phenoxy) is 1. The van der Waals surface area contributed by atoms with Crippen molar-refractivity contribution in [1.82, 2.24) is 10.0 Å². The van der Waals surface area contributed by atoms with E-state index < -0.39 is 0 Å². The van der Waals surface area contributed by atoms with Crippen LogP contribution < -0.4 is 19.7 Å². The second-order valence-electron chi connectivity index (χ2n) is 11.9. The molecule has 3 unspecified atom stereocenters. The van der Waals surface area contributed by atoms with Crippen LogP contribution >= 0.6 is 23.5 Å². The molecule has 1 spiro atoms. The smallest absolute Gasteiger partial charge is 0.237 e. The number of allylic oxidation sites excluding steroid dienone is 1. The Bertz CT molecular complexity index is 1230. The van der Waals surface area contributed by atoms with Gasteiger partial charge in [-0.2, -0.15) is 0 Å². The first-order valence-corrected chi connectivity index (χ1v) is 16.3. The highest BCUT2D eigenvalue weighted by Gasteiger charge is 2.44. The first-order valence-electron chi connectivity index (χ1n) is 15.1. The molecule has 4 aliphatic rings. The summed E-state index contributed by atoms with van der Waals surface area (Å²) in [5, 5.41) is 11.4. The van der Waals surface area contributed by atoms with Crippen molar-refractivity contribution in [3.8, 4) is 5.75 Å². The van der Waals surface area contributed by atoms with Gasteiger partial charge >= 0.3 is 0 Å². The summed E-state index contributed by atoms with van der Waals surface area (Å²) in [5.74, 6) is 2.59. The third kappa shape index (κ3) is 6.74. The minimum Gasteiger partial charge on any atom is -0.491 e. The number of anilines is 1. The van der Waals surface area contributed by atoms with Crippen LogP contribution in [0.5, 0.6) is 5.75 Å². The predicted octanol–water partition coefficient (Wildman–Crippen LogP) is 6.36. The molecule has 0 aromatic heterocycles. The zero-order valence-electron chi connectivity index (χ0n) is 24.3. The summed E-state index contributed by atoms with van der Waals surface area (Å²) in [6, 6.07) is 12.8. The highest BCUT2D eigenvalue weighted by Crippen LogP contribution is 2.44. The predicted molar refractivity (Wildman–Crippen MR) is 169 cm³/mol. The van der Waals surface area contributed by atoms with E-state index in [0.29, 0.717) is 18.4 Å². The summed E-state index contributed by atoms with van der Waals surface area (Å²) in [6.45, 7) is 6.35. The number of nitrogens with one attached hydrogen (secondary N) is 2. The number of hydrogen-bond acceptors (Lipinski definition) is 6. The largest absolute Gasteiger partial charge is 0.491 e. The second-order valence-corrected chi connectivity index (χ2v) is 13.2. The Morgan fingerprint density at radius 3 is 2.73 bits per heavy atom. The molecule has 2 aromatic carbocycles. The van der Waals surface area contributed by atoms with Crippen LogP contribution in [0.1, 0.15) is 62.5 Å². The summed E-state index contributed by atoms with van der Waals surface area (Å²) in [7, 11) is 1.00. The third-order valence-electron chi connectivity index (χ3n) is 9.31. The molecule has 222 valence electrons. The standard InChI is InChI=1S/C32H40ClN3O2S.CH4O/c1-2-5-23-16-26(33)9-11-28(23)25-19-36-18-24-8-7-22(24)6-3-15-34-21-32(13-4-14-32)31(37)35-39-27-10-12-30(38-20-25)29(36)17-27;1-2/h3,6,9-12,16-17,22,24-25,34H,2,4-5,7-8,13-15,18-21H2,1H3,(H,35,37);2H,1H3/b6-3+;. The number of carbonyl (C=O) groups excluding carboxylic acids is 1. The average Bonchev–Trinajstić information content (AvgIpc) is 3.13. The highest BCUT2D eigenvalue weighted by molar-refractivity contribution is 7.98. The molecule has 3 atom stereocenters. The Morgan fingerprint density at radius 2 is 2.00 bits per heavy atom. The van der Waals surface area contributed by atoms with Crippen LogP contribution in [0.25, 0.3) is 0 Å². The maximum Gasteiger partial charge on any atom is 0.237 e. The Kier molecular flexibility index (Phi) is 10.2. The van der Waals surface area contributed by atoms with Crippen molar-refractivity contribution in [2.24, 2.45) is 17.3 Å². The Hall–Kier alpha value is -2.19. The summed E-state index contributed by atoms with van der Waals surface area (Å²) in [6.07, 6.45) is 12.4. The number of benzene rings is 2. The normalized spacial score (nSPS) is 26.1. The molecule has 2 saturated carbocycles. The molecule has 0 saturated heterocycles. The van der Waals surface area contributed by atoms with E-state index in [-0.39, 0.29) is 17.2 Å². The van der Waals surface area contributed by atoms with Gasteiger partial charge in [0, 0.05) is 49.1 Å². The summed E-state index contributed by atoms with van der Waals surface area (Å²) < 4.78 is 9.70.